The molecule has 0 radical (unpaired) electrons. The van der Waals surface area contributed by atoms with Crippen molar-refractivity contribution in [1.29, 1.82) is 0 Å². The zero-order chi connectivity index (χ0) is 9.68. The summed E-state index contributed by atoms with van der Waals surface area (Å²) in [5, 5.41) is 0. The second-order valence-electron chi connectivity index (χ2n) is 3.21. The number of aryl methyl sites for hydroxylation is 2. The fourth-order valence-corrected chi connectivity index (χ4v) is 1.29. The fourth-order valence-electron chi connectivity index (χ4n) is 1.29. The predicted molar refractivity (Wildman–Crippen MR) is 53.3 cm³/mol. The number of nitrogens with two attached hydrogens (primary N) is 1. The third-order valence-corrected chi connectivity index (χ3v) is 1.94. The summed E-state index contributed by atoms with van der Waals surface area (Å²) in [5.74, 6) is 0.828. The SMILES string of the molecule is CCCCc1cc(CN)nc(C)n1. The van der Waals surface area contributed by atoms with E-state index in [1.54, 1.807) is 0 Å². The minimum absolute atomic E-state index is 0.502. The molecule has 72 valence electrons. The Morgan fingerprint density at radius 2 is 2.00 bits per heavy atom. The van der Waals surface area contributed by atoms with Gasteiger partial charge in [-0.1, -0.05) is 13.3 Å². The molecular formula is C10H17N3. The molecule has 0 saturated carbocycles. The van der Waals surface area contributed by atoms with Crippen molar-refractivity contribution in [2.45, 2.75) is 39.7 Å². The van der Waals surface area contributed by atoms with Crippen LogP contribution in [0.3, 0.4) is 0 Å². The molecule has 0 aliphatic carbocycles. The van der Waals surface area contributed by atoms with Crippen LogP contribution in [0.2, 0.25) is 0 Å². The Balaban J connectivity index is 2.76. The summed E-state index contributed by atoms with van der Waals surface area (Å²) in [4.78, 5) is 8.58. The van der Waals surface area contributed by atoms with Crippen LogP contribution < -0.4 is 5.73 Å². The van der Waals surface area contributed by atoms with Gasteiger partial charge in [-0.15, -0.1) is 0 Å². The number of nitrogens with zero attached hydrogens (tertiary/aromatic N) is 2. The Kier molecular flexibility index (Phi) is 3.83. The standard InChI is InChI=1S/C10H17N3/c1-3-4-5-9-6-10(7-11)13-8(2)12-9/h6H,3-5,7,11H2,1-2H3. The first-order valence-electron chi connectivity index (χ1n) is 4.79. The topological polar surface area (TPSA) is 51.8 Å². The molecule has 0 fully saturated rings. The Morgan fingerprint density at radius 1 is 1.31 bits per heavy atom. The van der Waals surface area contributed by atoms with E-state index in [4.69, 9.17) is 5.73 Å². The summed E-state index contributed by atoms with van der Waals surface area (Å²) in [5.41, 5.74) is 7.59. The first-order chi connectivity index (χ1) is 6.26. The van der Waals surface area contributed by atoms with Gasteiger partial charge in [0.2, 0.25) is 0 Å². The van der Waals surface area contributed by atoms with E-state index >= 15 is 0 Å². The van der Waals surface area contributed by atoms with Crippen molar-refractivity contribution >= 4 is 0 Å². The third kappa shape index (κ3) is 3.11. The Morgan fingerprint density at radius 3 is 2.62 bits per heavy atom. The van der Waals surface area contributed by atoms with Crippen LogP contribution in [0.5, 0.6) is 0 Å². The lowest BCUT2D eigenvalue weighted by Crippen LogP contribution is -2.04. The van der Waals surface area contributed by atoms with Crippen molar-refractivity contribution in [3.63, 3.8) is 0 Å². The summed E-state index contributed by atoms with van der Waals surface area (Å²) in [6, 6.07) is 2.00. The fraction of sp³-hybridized carbons (Fsp3) is 0.600. The van der Waals surface area contributed by atoms with Gasteiger partial charge < -0.3 is 5.73 Å². The molecule has 0 spiro atoms. The van der Waals surface area contributed by atoms with Gasteiger partial charge >= 0.3 is 0 Å². The Bertz CT molecular complexity index is 271. The van der Waals surface area contributed by atoms with E-state index in [1.165, 1.54) is 12.8 Å². The smallest absolute Gasteiger partial charge is 0.125 e. The number of aromatic nitrogens is 2. The highest BCUT2D eigenvalue weighted by Gasteiger charge is 1.99. The molecule has 0 aromatic carbocycles. The van der Waals surface area contributed by atoms with Crippen LogP contribution in [0.1, 0.15) is 37.0 Å². The molecule has 1 aromatic rings. The van der Waals surface area contributed by atoms with Crippen LogP contribution in [-0.2, 0) is 13.0 Å². The molecule has 1 aromatic heterocycles. The zero-order valence-corrected chi connectivity index (χ0v) is 8.38. The number of hydrogen-bond donors (Lipinski definition) is 1. The molecule has 13 heavy (non-hydrogen) atoms. The van der Waals surface area contributed by atoms with Gasteiger partial charge in [0.1, 0.15) is 5.82 Å². The molecule has 0 aliphatic rings. The van der Waals surface area contributed by atoms with E-state index in [-0.39, 0.29) is 0 Å². The van der Waals surface area contributed by atoms with Crippen LogP contribution in [0.15, 0.2) is 6.07 Å². The minimum atomic E-state index is 0.502. The summed E-state index contributed by atoms with van der Waals surface area (Å²) < 4.78 is 0. The Labute approximate surface area is 79.4 Å². The van der Waals surface area contributed by atoms with Gasteiger partial charge in [0.05, 0.1) is 5.69 Å². The van der Waals surface area contributed by atoms with E-state index in [0.717, 1.165) is 23.6 Å². The van der Waals surface area contributed by atoms with Crippen molar-refractivity contribution in [2.75, 3.05) is 0 Å². The highest BCUT2D eigenvalue weighted by Crippen LogP contribution is 2.04. The van der Waals surface area contributed by atoms with Gasteiger partial charge in [-0.3, -0.25) is 0 Å². The molecule has 3 heteroatoms. The molecule has 3 nitrogen and oxygen atoms in total. The summed E-state index contributed by atoms with van der Waals surface area (Å²) in [6.45, 7) is 4.59. The largest absolute Gasteiger partial charge is 0.325 e. The van der Waals surface area contributed by atoms with E-state index in [1.807, 2.05) is 13.0 Å². The highest BCUT2D eigenvalue weighted by molar-refractivity contribution is 5.10. The summed E-state index contributed by atoms with van der Waals surface area (Å²) >= 11 is 0. The summed E-state index contributed by atoms with van der Waals surface area (Å²) in [6.07, 6.45) is 3.41. The molecule has 0 aliphatic heterocycles. The van der Waals surface area contributed by atoms with Crippen LogP contribution in [0.25, 0.3) is 0 Å². The van der Waals surface area contributed by atoms with E-state index in [9.17, 15) is 0 Å². The van der Waals surface area contributed by atoms with Gasteiger partial charge in [0.15, 0.2) is 0 Å². The molecule has 1 rings (SSSR count). The van der Waals surface area contributed by atoms with Crippen LogP contribution in [-0.4, -0.2) is 9.97 Å². The summed E-state index contributed by atoms with van der Waals surface area (Å²) in [7, 11) is 0. The minimum Gasteiger partial charge on any atom is -0.325 e. The Hall–Kier alpha value is -0.960. The normalized spacial score (nSPS) is 10.4. The average Bonchev–Trinajstić information content (AvgIpc) is 2.14. The van der Waals surface area contributed by atoms with Crippen LogP contribution in [0.4, 0.5) is 0 Å². The maximum absolute atomic E-state index is 5.53. The average molecular weight is 179 g/mol. The second-order valence-corrected chi connectivity index (χ2v) is 3.21. The van der Waals surface area contributed by atoms with Crippen molar-refractivity contribution in [3.8, 4) is 0 Å². The number of rotatable bonds is 4. The lowest BCUT2D eigenvalue weighted by molar-refractivity contribution is 0.760. The van der Waals surface area contributed by atoms with Crippen molar-refractivity contribution in [1.82, 2.24) is 9.97 Å². The van der Waals surface area contributed by atoms with Crippen molar-refractivity contribution in [2.24, 2.45) is 5.73 Å². The zero-order valence-electron chi connectivity index (χ0n) is 8.38. The van der Waals surface area contributed by atoms with Crippen LogP contribution in [0, 0.1) is 6.92 Å². The quantitative estimate of drug-likeness (QED) is 0.763. The molecule has 0 bridgehead atoms. The molecule has 2 N–H and O–H groups in total. The van der Waals surface area contributed by atoms with Gasteiger partial charge in [0, 0.05) is 12.2 Å². The lowest BCUT2D eigenvalue weighted by atomic mass is 10.2. The van der Waals surface area contributed by atoms with Crippen molar-refractivity contribution in [3.05, 3.63) is 23.3 Å². The lowest BCUT2D eigenvalue weighted by Gasteiger charge is -2.03. The van der Waals surface area contributed by atoms with E-state index < -0.39 is 0 Å². The third-order valence-electron chi connectivity index (χ3n) is 1.94. The predicted octanol–water partition coefficient (Wildman–Crippen LogP) is 1.59. The van der Waals surface area contributed by atoms with Gasteiger partial charge in [0.25, 0.3) is 0 Å². The van der Waals surface area contributed by atoms with E-state index in [2.05, 4.69) is 16.9 Å². The highest BCUT2D eigenvalue weighted by atomic mass is 14.9. The monoisotopic (exact) mass is 179 g/mol. The molecular weight excluding hydrogens is 162 g/mol. The first-order valence-corrected chi connectivity index (χ1v) is 4.79. The maximum Gasteiger partial charge on any atom is 0.125 e. The number of unbranched alkanes of at least 4 members (excludes halogenated alkanes) is 1. The first kappa shape index (κ1) is 10.1. The van der Waals surface area contributed by atoms with Crippen LogP contribution >= 0.6 is 0 Å². The molecule has 0 amide bonds. The van der Waals surface area contributed by atoms with Crippen molar-refractivity contribution < 1.29 is 0 Å². The molecule has 0 saturated heterocycles. The van der Waals surface area contributed by atoms with E-state index in [0.29, 0.717) is 6.54 Å². The maximum atomic E-state index is 5.53. The number of hydrogen-bond acceptors (Lipinski definition) is 3. The second kappa shape index (κ2) is 4.92. The molecule has 1 heterocycles. The van der Waals surface area contributed by atoms with Gasteiger partial charge in [-0.25, -0.2) is 9.97 Å². The molecule has 0 unspecified atom stereocenters. The van der Waals surface area contributed by atoms with Gasteiger partial charge in [-0.05, 0) is 25.8 Å². The van der Waals surface area contributed by atoms with Gasteiger partial charge in [-0.2, -0.15) is 0 Å². The molecule has 0 atom stereocenters.